The normalized spacial score (nSPS) is 10.6. The predicted molar refractivity (Wildman–Crippen MR) is 104 cm³/mol. The Morgan fingerprint density at radius 2 is 2.00 bits per heavy atom. The lowest BCUT2D eigenvalue weighted by Gasteiger charge is -2.10. The first-order valence-corrected chi connectivity index (χ1v) is 8.33. The second-order valence-corrected chi connectivity index (χ2v) is 5.68. The summed E-state index contributed by atoms with van der Waals surface area (Å²) in [5.74, 6) is -1.25. The predicted octanol–water partition coefficient (Wildman–Crippen LogP) is 3.56. The Labute approximate surface area is 161 Å². The summed E-state index contributed by atoms with van der Waals surface area (Å²) in [5, 5.41) is 14.9. The molecule has 8 heteroatoms. The minimum absolute atomic E-state index is 0.194. The van der Waals surface area contributed by atoms with Crippen LogP contribution in [0.5, 0.6) is 0 Å². The van der Waals surface area contributed by atoms with Gasteiger partial charge in [0.15, 0.2) is 0 Å². The number of ether oxygens (including phenoxy) is 1. The average molecular weight is 385 g/mol. The van der Waals surface area contributed by atoms with Gasteiger partial charge in [0.1, 0.15) is 11.6 Å². The van der Waals surface area contributed by atoms with E-state index >= 15 is 0 Å². The zero-order valence-corrected chi connectivity index (χ0v) is 15.2. The van der Waals surface area contributed by atoms with Crippen LogP contribution in [0.15, 0.2) is 54.2 Å². The fraction of sp³-hybridized carbons (Fsp3) is 0.105. The van der Waals surface area contributed by atoms with Gasteiger partial charge in [0.2, 0.25) is 0 Å². The van der Waals surface area contributed by atoms with E-state index in [9.17, 15) is 14.9 Å². The molecule has 0 aromatic heterocycles. The number of hydrogen-bond donors (Lipinski definition) is 3. The van der Waals surface area contributed by atoms with E-state index < -0.39 is 11.9 Å². The molecule has 0 saturated carbocycles. The summed E-state index contributed by atoms with van der Waals surface area (Å²) in [4.78, 5) is 24.4. The summed E-state index contributed by atoms with van der Waals surface area (Å²) >= 11 is 6.04. The Morgan fingerprint density at radius 3 is 2.67 bits per heavy atom. The van der Waals surface area contributed by atoms with Crippen molar-refractivity contribution >= 4 is 40.5 Å². The highest BCUT2D eigenvalue weighted by Gasteiger charge is 2.16. The van der Waals surface area contributed by atoms with Crippen molar-refractivity contribution < 1.29 is 14.3 Å². The number of rotatable bonds is 6. The first-order valence-electron chi connectivity index (χ1n) is 7.95. The molecule has 0 unspecified atom stereocenters. The number of nitriles is 1. The topological polar surface area (TPSA) is 117 Å². The third-order valence-electron chi connectivity index (χ3n) is 3.40. The number of hydrogen-bond acceptors (Lipinski definition) is 6. The van der Waals surface area contributed by atoms with Gasteiger partial charge in [-0.3, -0.25) is 4.79 Å². The summed E-state index contributed by atoms with van der Waals surface area (Å²) < 4.78 is 4.96. The second-order valence-electron chi connectivity index (χ2n) is 5.27. The van der Waals surface area contributed by atoms with Crippen LogP contribution in [0.3, 0.4) is 0 Å². The van der Waals surface area contributed by atoms with Crippen LogP contribution in [0, 0.1) is 11.3 Å². The summed E-state index contributed by atoms with van der Waals surface area (Å²) in [5.41, 5.74) is 6.83. The first-order chi connectivity index (χ1) is 13.0. The molecule has 0 saturated heterocycles. The number of nitrogens with one attached hydrogen (secondary N) is 2. The summed E-state index contributed by atoms with van der Waals surface area (Å²) in [6, 6.07) is 13.0. The van der Waals surface area contributed by atoms with E-state index in [2.05, 4.69) is 10.6 Å². The summed E-state index contributed by atoms with van der Waals surface area (Å²) in [6.07, 6.45) is 1.22. The van der Waals surface area contributed by atoms with Gasteiger partial charge in [-0.15, -0.1) is 0 Å². The van der Waals surface area contributed by atoms with Crippen molar-refractivity contribution in [3.63, 3.8) is 0 Å². The molecule has 0 fully saturated rings. The lowest BCUT2D eigenvalue weighted by molar-refractivity contribution is -0.112. The van der Waals surface area contributed by atoms with Gasteiger partial charge in [0.05, 0.1) is 28.6 Å². The molecule has 0 bridgehead atoms. The Hall–Kier alpha value is -3.50. The van der Waals surface area contributed by atoms with Gasteiger partial charge >= 0.3 is 5.97 Å². The van der Waals surface area contributed by atoms with E-state index in [0.29, 0.717) is 16.4 Å². The second kappa shape index (κ2) is 9.27. The Bertz CT molecular complexity index is 935. The molecule has 2 aromatic carbocycles. The van der Waals surface area contributed by atoms with Gasteiger partial charge in [0.25, 0.3) is 5.91 Å². The number of anilines is 3. The van der Waals surface area contributed by atoms with Crippen LogP contribution in [0.2, 0.25) is 5.02 Å². The van der Waals surface area contributed by atoms with Crippen molar-refractivity contribution in [2.75, 3.05) is 23.0 Å². The zero-order valence-electron chi connectivity index (χ0n) is 14.5. The fourth-order valence-corrected chi connectivity index (χ4v) is 2.36. The van der Waals surface area contributed by atoms with E-state index in [1.807, 2.05) is 0 Å². The number of nitrogens with zero attached hydrogens (tertiary/aromatic N) is 1. The molecule has 4 N–H and O–H groups in total. The number of benzene rings is 2. The smallest absolute Gasteiger partial charge is 0.340 e. The van der Waals surface area contributed by atoms with Gasteiger partial charge in [-0.25, -0.2) is 4.79 Å². The first kappa shape index (κ1) is 19.8. The van der Waals surface area contributed by atoms with Crippen LogP contribution >= 0.6 is 11.6 Å². The lowest BCUT2D eigenvalue weighted by atomic mass is 10.1. The minimum Gasteiger partial charge on any atom is -0.462 e. The SMILES string of the molecule is CCOC(=O)c1ccccc1NC(=O)/C(C#N)=C\Nc1ccc(N)cc1Cl. The third kappa shape index (κ3) is 5.23. The fourth-order valence-electron chi connectivity index (χ4n) is 2.12. The molecule has 0 aliphatic heterocycles. The van der Waals surface area contributed by atoms with Crippen molar-refractivity contribution in [1.82, 2.24) is 0 Å². The molecule has 0 radical (unpaired) electrons. The van der Waals surface area contributed by atoms with E-state index in [0.717, 1.165) is 0 Å². The molecule has 27 heavy (non-hydrogen) atoms. The molecule has 7 nitrogen and oxygen atoms in total. The molecule has 0 spiro atoms. The lowest BCUT2D eigenvalue weighted by Crippen LogP contribution is -2.17. The molecule has 0 heterocycles. The van der Waals surface area contributed by atoms with Gasteiger partial charge in [-0.2, -0.15) is 5.26 Å². The van der Waals surface area contributed by atoms with Gasteiger partial charge < -0.3 is 21.1 Å². The highest BCUT2D eigenvalue weighted by atomic mass is 35.5. The average Bonchev–Trinajstić information content (AvgIpc) is 2.64. The molecule has 0 aliphatic carbocycles. The largest absolute Gasteiger partial charge is 0.462 e. The molecule has 138 valence electrons. The van der Waals surface area contributed by atoms with E-state index in [1.54, 1.807) is 49.4 Å². The molecular formula is C19H17ClN4O3. The quantitative estimate of drug-likeness (QED) is 0.303. The minimum atomic E-state index is -0.687. The maximum absolute atomic E-state index is 12.4. The van der Waals surface area contributed by atoms with Crippen molar-refractivity contribution in [1.29, 1.82) is 5.26 Å². The van der Waals surface area contributed by atoms with Gasteiger partial charge in [0, 0.05) is 11.9 Å². The maximum atomic E-state index is 12.4. The number of amides is 1. The van der Waals surface area contributed by atoms with E-state index in [4.69, 9.17) is 22.1 Å². The van der Waals surface area contributed by atoms with Crippen LogP contribution in [0.4, 0.5) is 17.1 Å². The number of para-hydroxylation sites is 1. The van der Waals surface area contributed by atoms with Crippen LogP contribution < -0.4 is 16.4 Å². The monoisotopic (exact) mass is 384 g/mol. The number of nitrogen functional groups attached to an aromatic ring is 1. The van der Waals surface area contributed by atoms with Crippen LogP contribution in [0.25, 0.3) is 0 Å². The number of esters is 1. The van der Waals surface area contributed by atoms with E-state index in [-0.39, 0.29) is 23.4 Å². The summed E-state index contributed by atoms with van der Waals surface area (Å²) in [7, 11) is 0. The molecular weight excluding hydrogens is 368 g/mol. The number of halogens is 1. The molecule has 0 atom stereocenters. The Kier molecular flexibility index (Phi) is 6.80. The molecule has 0 aliphatic rings. The maximum Gasteiger partial charge on any atom is 0.340 e. The highest BCUT2D eigenvalue weighted by Crippen LogP contribution is 2.24. The molecule has 2 rings (SSSR count). The van der Waals surface area contributed by atoms with Crippen molar-refractivity contribution in [2.45, 2.75) is 6.92 Å². The van der Waals surface area contributed by atoms with Crippen LogP contribution in [-0.4, -0.2) is 18.5 Å². The molecule has 2 aromatic rings. The Morgan fingerprint density at radius 1 is 1.26 bits per heavy atom. The van der Waals surface area contributed by atoms with Crippen molar-refractivity contribution in [2.24, 2.45) is 0 Å². The van der Waals surface area contributed by atoms with Gasteiger partial charge in [-0.1, -0.05) is 23.7 Å². The van der Waals surface area contributed by atoms with Gasteiger partial charge in [-0.05, 0) is 37.3 Å². The van der Waals surface area contributed by atoms with E-state index in [1.165, 1.54) is 12.3 Å². The van der Waals surface area contributed by atoms with Crippen LogP contribution in [-0.2, 0) is 9.53 Å². The third-order valence-corrected chi connectivity index (χ3v) is 3.71. The highest BCUT2D eigenvalue weighted by molar-refractivity contribution is 6.33. The molecule has 1 amide bonds. The van der Waals surface area contributed by atoms with Crippen molar-refractivity contribution in [3.8, 4) is 6.07 Å². The zero-order chi connectivity index (χ0) is 19.8. The van der Waals surface area contributed by atoms with Crippen molar-refractivity contribution in [3.05, 3.63) is 64.8 Å². The summed E-state index contributed by atoms with van der Waals surface area (Å²) in [6.45, 7) is 1.89. The number of carbonyl (C=O) groups is 2. The van der Waals surface area contributed by atoms with Crippen LogP contribution in [0.1, 0.15) is 17.3 Å². The number of carbonyl (C=O) groups excluding carboxylic acids is 2. The number of nitrogens with two attached hydrogens (primary N) is 1. The Balaban J connectivity index is 2.18. The standard InChI is InChI=1S/C19H17ClN4O3/c1-2-27-19(26)14-5-3-4-6-16(14)24-18(25)12(10-21)11-23-17-8-7-13(22)9-15(17)20/h3-9,11,23H,2,22H2,1H3,(H,24,25)/b12-11-.